The molecule has 10 nitrogen and oxygen atoms in total. The predicted molar refractivity (Wildman–Crippen MR) is 119 cm³/mol. The van der Waals surface area contributed by atoms with E-state index in [-0.39, 0.29) is 16.3 Å². The quantitative estimate of drug-likeness (QED) is 0.315. The van der Waals surface area contributed by atoms with Crippen molar-refractivity contribution in [1.82, 2.24) is 9.73 Å². The molecule has 11 heteroatoms. The molecule has 0 saturated carbocycles. The summed E-state index contributed by atoms with van der Waals surface area (Å²) in [6.45, 7) is -0.463. The molecule has 0 unspecified atom stereocenters. The van der Waals surface area contributed by atoms with Crippen LogP contribution in [0, 0.1) is 10.1 Å². The molecule has 166 valence electrons. The summed E-state index contributed by atoms with van der Waals surface area (Å²) < 4.78 is 31.4. The number of benzene rings is 3. The van der Waals surface area contributed by atoms with Crippen molar-refractivity contribution in [3.8, 4) is 5.75 Å². The molecule has 0 fully saturated rings. The Morgan fingerprint density at radius 2 is 1.88 bits per heavy atom. The van der Waals surface area contributed by atoms with Gasteiger partial charge in [0.1, 0.15) is 0 Å². The third-order valence-corrected chi connectivity index (χ3v) is 6.40. The zero-order chi connectivity index (χ0) is 23.3. The van der Waals surface area contributed by atoms with E-state index < -0.39 is 27.4 Å². The van der Waals surface area contributed by atoms with Gasteiger partial charge in [0, 0.05) is 18.7 Å². The Labute approximate surface area is 184 Å². The normalized spacial score (nSPS) is 11.7. The lowest BCUT2D eigenvalue weighted by Crippen LogP contribution is -2.36. The van der Waals surface area contributed by atoms with E-state index in [0.29, 0.717) is 5.56 Å². The second kappa shape index (κ2) is 9.54. The highest BCUT2D eigenvalue weighted by Crippen LogP contribution is 2.26. The standard InChI is InChI=1S/C21H20N4O6S/c1-24(32(29,30)18-9-8-16-5-3-4-6-17(16)12-18)14-21(26)23-22-13-15-7-10-20(31-2)19(11-15)25(27)28/h3-13H,14H2,1-2H3,(H,23,26)/b22-13+. The molecule has 3 aromatic carbocycles. The summed E-state index contributed by atoms with van der Waals surface area (Å²) >= 11 is 0. The first-order valence-corrected chi connectivity index (χ1v) is 10.8. The minimum Gasteiger partial charge on any atom is -0.490 e. The number of sulfonamides is 1. The predicted octanol–water partition coefficient (Wildman–Crippen LogP) is 2.53. The lowest BCUT2D eigenvalue weighted by molar-refractivity contribution is -0.385. The number of hydrogen-bond acceptors (Lipinski definition) is 7. The average molecular weight is 456 g/mol. The molecule has 1 N–H and O–H groups in total. The van der Waals surface area contributed by atoms with E-state index in [1.165, 1.54) is 44.6 Å². The van der Waals surface area contributed by atoms with Crippen molar-refractivity contribution in [2.45, 2.75) is 4.90 Å². The Morgan fingerprint density at radius 3 is 2.56 bits per heavy atom. The fraction of sp³-hybridized carbons (Fsp3) is 0.143. The van der Waals surface area contributed by atoms with E-state index in [9.17, 15) is 23.3 Å². The third kappa shape index (κ3) is 5.07. The number of hydrazone groups is 1. The van der Waals surface area contributed by atoms with Gasteiger partial charge < -0.3 is 4.74 Å². The van der Waals surface area contributed by atoms with Crippen molar-refractivity contribution in [1.29, 1.82) is 0 Å². The molecule has 0 aromatic heterocycles. The minimum absolute atomic E-state index is 0.0699. The second-order valence-corrected chi connectivity index (χ2v) is 8.80. The van der Waals surface area contributed by atoms with Crippen molar-refractivity contribution < 1.29 is 22.9 Å². The number of carbonyl (C=O) groups excluding carboxylic acids is 1. The molecule has 0 saturated heterocycles. The molecule has 1 amide bonds. The van der Waals surface area contributed by atoms with E-state index in [2.05, 4.69) is 10.5 Å². The molecule has 3 rings (SSSR count). The Morgan fingerprint density at radius 1 is 1.16 bits per heavy atom. The molecule has 32 heavy (non-hydrogen) atoms. The van der Waals surface area contributed by atoms with Gasteiger partial charge in [-0.15, -0.1) is 0 Å². The fourth-order valence-electron chi connectivity index (χ4n) is 2.94. The van der Waals surface area contributed by atoms with Gasteiger partial charge in [-0.1, -0.05) is 30.3 Å². The van der Waals surface area contributed by atoms with Gasteiger partial charge in [-0.2, -0.15) is 9.41 Å². The summed E-state index contributed by atoms with van der Waals surface area (Å²) in [5, 5.41) is 16.5. The van der Waals surface area contributed by atoms with Crippen LogP contribution in [0.25, 0.3) is 10.8 Å². The summed E-state index contributed by atoms with van der Waals surface area (Å²) in [5.41, 5.74) is 2.33. The van der Waals surface area contributed by atoms with E-state index in [4.69, 9.17) is 4.74 Å². The molecular weight excluding hydrogens is 436 g/mol. The minimum atomic E-state index is -3.89. The van der Waals surface area contributed by atoms with Crippen molar-refractivity contribution in [2.24, 2.45) is 5.10 Å². The van der Waals surface area contributed by atoms with Gasteiger partial charge in [-0.05, 0) is 35.0 Å². The van der Waals surface area contributed by atoms with Crippen LogP contribution >= 0.6 is 0 Å². The van der Waals surface area contributed by atoms with Crippen molar-refractivity contribution >= 4 is 38.6 Å². The molecule has 0 bridgehead atoms. The number of ether oxygens (including phenoxy) is 1. The van der Waals surface area contributed by atoms with Crippen LogP contribution in [0.3, 0.4) is 0 Å². The van der Waals surface area contributed by atoms with Gasteiger partial charge in [-0.3, -0.25) is 14.9 Å². The van der Waals surface area contributed by atoms with Gasteiger partial charge >= 0.3 is 5.69 Å². The zero-order valence-electron chi connectivity index (χ0n) is 17.3. The van der Waals surface area contributed by atoms with Gasteiger partial charge in [0.25, 0.3) is 5.91 Å². The largest absolute Gasteiger partial charge is 0.490 e. The van der Waals surface area contributed by atoms with Crippen molar-refractivity contribution in [3.05, 3.63) is 76.3 Å². The van der Waals surface area contributed by atoms with Gasteiger partial charge in [0.15, 0.2) is 5.75 Å². The summed E-state index contributed by atoms with van der Waals surface area (Å²) in [6, 6.07) is 16.3. The average Bonchev–Trinajstić information content (AvgIpc) is 2.78. The highest BCUT2D eigenvalue weighted by atomic mass is 32.2. The maximum absolute atomic E-state index is 12.8. The summed E-state index contributed by atoms with van der Waals surface area (Å²) in [7, 11) is -1.28. The number of nitro benzene ring substituents is 1. The van der Waals surface area contributed by atoms with Crippen LogP contribution in [-0.4, -0.2) is 50.5 Å². The van der Waals surface area contributed by atoms with E-state index in [0.717, 1.165) is 15.1 Å². The molecule has 0 atom stereocenters. The van der Waals surface area contributed by atoms with Gasteiger partial charge in [0.2, 0.25) is 10.0 Å². The summed E-state index contributed by atoms with van der Waals surface area (Å²) in [4.78, 5) is 22.7. The number of carbonyl (C=O) groups is 1. The fourth-order valence-corrected chi connectivity index (χ4v) is 4.10. The van der Waals surface area contributed by atoms with Crippen LogP contribution in [0.2, 0.25) is 0 Å². The smallest absolute Gasteiger partial charge is 0.311 e. The van der Waals surface area contributed by atoms with Gasteiger partial charge in [-0.25, -0.2) is 13.8 Å². The Kier molecular flexibility index (Phi) is 6.81. The summed E-state index contributed by atoms with van der Waals surface area (Å²) in [5.74, 6) is -0.576. The number of nitro groups is 1. The molecule has 0 aliphatic carbocycles. The number of nitrogens with one attached hydrogen (secondary N) is 1. The molecule has 0 aliphatic rings. The number of methoxy groups -OCH3 is 1. The number of hydrogen-bond donors (Lipinski definition) is 1. The number of likely N-dealkylation sites (N-methyl/N-ethyl adjacent to an activating group) is 1. The van der Waals surface area contributed by atoms with Crippen LogP contribution in [0.15, 0.2) is 70.7 Å². The maximum Gasteiger partial charge on any atom is 0.311 e. The Bertz CT molecular complexity index is 1310. The molecule has 0 aliphatic heterocycles. The monoisotopic (exact) mass is 456 g/mol. The topological polar surface area (TPSA) is 131 Å². The Balaban J connectivity index is 1.66. The van der Waals surface area contributed by atoms with Gasteiger partial charge in [0.05, 0.1) is 29.7 Å². The first-order chi connectivity index (χ1) is 15.2. The maximum atomic E-state index is 12.8. The second-order valence-electron chi connectivity index (χ2n) is 6.75. The molecule has 0 radical (unpaired) electrons. The first-order valence-electron chi connectivity index (χ1n) is 9.32. The highest BCUT2D eigenvalue weighted by molar-refractivity contribution is 7.89. The molecule has 0 heterocycles. The van der Waals surface area contributed by atoms with Crippen molar-refractivity contribution in [2.75, 3.05) is 20.7 Å². The SMILES string of the molecule is COc1ccc(/C=N/NC(=O)CN(C)S(=O)(=O)c2ccc3ccccc3c2)cc1[N+](=O)[O-]. The number of fused-ring (bicyclic) bond motifs is 1. The molecular formula is C21H20N4O6S. The van der Waals surface area contributed by atoms with Crippen LogP contribution in [0.5, 0.6) is 5.75 Å². The van der Waals surface area contributed by atoms with Crippen LogP contribution in [0.4, 0.5) is 5.69 Å². The lowest BCUT2D eigenvalue weighted by atomic mass is 10.1. The number of nitrogens with zero attached hydrogens (tertiary/aromatic N) is 3. The third-order valence-electron chi connectivity index (χ3n) is 4.60. The first kappa shape index (κ1) is 22.8. The van der Waals surface area contributed by atoms with Crippen LogP contribution in [-0.2, 0) is 14.8 Å². The molecule has 3 aromatic rings. The zero-order valence-corrected chi connectivity index (χ0v) is 18.1. The summed E-state index contributed by atoms with van der Waals surface area (Å²) in [6.07, 6.45) is 1.21. The van der Waals surface area contributed by atoms with Crippen molar-refractivity contribution in [3.63, 3.8) is 0 Å². The number of amides is 1. The lowest BCUT2D eigenvalue weighted by Gasteiger charge is -2.16. The van der Waals surface area contributed by atoms with E-state index >= 15 is 0 Å². The van der Waals surface area contributed by atoms with E-state index in [1.54, 1.807) is 18.2 Å². The number of rotatable bonds is 8. The highest BCUT2D eigenvalue weighted by Gasteiger charge is 2.23. The Hall–Kier alpha value is -3.83. The van der Waals surface area contributed by atoms with Crippen LogP contribution < -0.4 is 10.2 Å². The molecule has 0 spiro atoms. The van der Waals surface area contributed by atoms with E-state index in [1.807, 2.05) is 18.2 Å². The van der Waals surface area contributed by atoms with Crippen LogP contribution in [0.1, 0.15) is 5.56 Å².